The van der Waals surface area contributed by atoms with Crippen molar-refractivity contribution in [3.8, 4) is 11.5 Å². The van der Waals surface area contributed by atoms with E-state index in [1.54, 1.807) is 28.4 Å². The molecule has 0 heterocycles. The number of benzene rings is 1. The Morgan fingerprint density at radius 3 is 1.12 bits per heavy atom. The van der Waals surface area contributed by atoms with Crippen LogP contribution in [0.15, 0.2) is 12.1 Å². The second kappa shape index (κ2) is 9.64. The van der Waals surface area contributed by atoms with Crippen molar-refractivity contribution < 1.29 is 27.1 Å². The van der Waals surface area contributed by atoms with Crippen LogP contribution in [0.3, 0.4) is 0 Å². The summed E-state index contributed by atoms with van der Waals surface area (Å²) in [6, 6.07) is 4.00. The minimum Gasteiger partial charge on any atom is -0.426 e. The molecule has 0 saturated carbocycles. The van der Waals surface area contributed by atoms with E-state index < -0.39 is 17.2 Å². The van der Waals surface area contributed by atoms with Crippen molar-refractivity contribution in [1.29, 1.82) is 0 Å². The molecule has 150 valence electrons. The molecular formula is C18H32O6P2. The average molecular weight is 406 g/mol. The van der Waals surface area contributed by atoms with Crippen LogP contribution >= 0.6 is 17.2 Å². The zero-order valence-electron chi connectivity index (χ0n) is 17.5. The first-order chi connectivity index (χ1) is 12.0. The Bertz CT molecular complexity index is 525. The summed E-state index contributed by atoms with van der Waals surface area (Å²) >= 11 is 0. The average Bonchev–Trinajstić information content (AvgIpc) is 2.55. The van der Waals surface area contributed by atoms with E-state index in [1.165, 1.54) is 0 Å². The summed E-state index contributed by atoms with van der Waals surface area (Å²) in [5, 5.41) is 0. The maximum absolute atomic E-state index is 5.99. The van der Waals surface area contributed by atoms with Gasteiger partial charge in [-0.25, -0.2) is 0 Å². The topological polar surface area (TPSA) is 55.4 Å². The van der Waals surface area contributed by atoms with Gasteiger partial charge in [0.2, 0.25) is 0 Å². The lowest BCUT2D eigenvalue weighted by molar-refractivity contribution is 0.271. The molecule has 0 unspecified atom stereocenters. The highest BCUT2D eigenvalue weighted by Gasteiger charge is 2.29. The molecule has 6 nitrogen and oxygen atoms in total. The van der Waals surface area contributed by atoms with Gasteiger partial charge in [-0.3, -0.25) is 0 Å². The molecule has 0 radical (unpaired) electrons. The molecule has 0 aliphatic rings. The van der Waals surface area contributed by atoms with Crippen molar-refractivity contribution in [3.05, 3.63) is 23.3 Å². The summed E-state index contributed by atoms with van der Waals surface area (Å²) in [5.74, 6) is 1.33. The standard InChI is InChI=1S/C18H32O6P2/c1-17(2,3)13-11-14(18(4,5)6)16(24-26(21-9)22-10)12-15(13)23-25(19-7)20-8/h11-12H,1-10H3. The van der Waals surface area contributed by atoms with Gasteiger partial charge in [-0.1, -0.05) is 41.5 Å². The third-order valence-electron chi connectivity index (χ3n) is 3.64. The number of hydrogen-bond acceptors (Lipinski definition) is 6. The van der Waals surface area contributed by atoms with Gasteiger partial charge in [0.15, 0.2) is 0 Å². The molecule has 0 fully saturated rings. The van der Waals surface area contributed by atoms with Crippen LogP contribution < -0.4 is 9.05 Å². The summed E-state index contributed by atoms with van der Waals surface area (Å²) in [5.41, 5.74) is 1.83. The molecular weight excluding hydrogens is 374 g/mol. The van der Waals surface area contributed by atoms with E-state index in [2.05, 4.69) is 47.6 Å². The van der Waals surface area contributed by atoms with Crippen LogP contribution in [0.4, 0.5) is 0 Å². The number of hydrogen-bond donors (Lipinski definition) is 0. The van der Waals surface area contributed by atoms with E-state index >= 15 is 0 Å². The van der Waals surface area contributed by atoms with E-state index in [4.69, 9.17) is 27.1 Å². The van der Waals surface area contributed by atoms with Crippen LogP contribution in [0.1, 0.15) is 52.7 Å². The van der Waals surface area contributed by atoms with E-state index in [1.807, 2.05) is 6.07 Å². The second-order valence-corrected chi connectivity index (χ2v) is 10.4. The SMILES string of the molecule is COP(OC)Oc1cc(OP(OC)OC)c(C(C)(C)C)cc1C(C)(C)C. The Hall–Kier alpha value is -0.480. The molecule has 0 bridgehead atoms. The van der Waals surface area contributed by atoms with Gasteiger partial charge in [-0.15, -0.1) is 0 Å². The molecule has 26 heavy (non-hydrogen) atoms. The van der Waals surface area contributed by atoms with Crippen LogP contribution in [0.5, 0.6) is 11.5 Å². The van der Waals surface area contributed by atoms with Crippen LogP contribution in [0.2, 0.25) is 0 Å². The lowest BCUT2D eigenvalue weighted by Gasteiger charge is -2.30. The molecule has 8 heteroatoms. The Balaban J connectivity index is 3.55. The largest absolute Gasteiger partial charge is 0.426 e. The number of rotatable bonds is 8. The van der Waals surface area contributed by atoms with Crippen molar-refractivity contribution >= 4 is 17.2 Å². The quantitative estimate of drug-likeness (QED) is 0.488. The monoisotopic (exact) mass is 406 g/mol. The first kappa shape index (κ1) is 23.6. The van der Waals surface area contributed by atoms with Gasteiger partial charge in [0, 0.05) is 45.6 Å². The van der Waals surface area contributed by atoms with Crippen molar-refractivity contribution in [3.63, 3.8) is 0 Å². The fourth-order valence-electron chi connectivity index (χ4n) is 2.34. The molecule has 0 N–H and O–H groups in total. The van der Waals surface area contributed by atoms with Crippen molar-refractivity contribution in [2.45, 2.75) is 52.4 Å². The van der Waals surface area contributed by atoms with Crippen LogP contribution in [0.25, 0.3) is 0 Å². The lowest BCUT2D eigenvalue weighted by Crippen LogP contribution is -2.18. The van der Waals surface area contributed by atoms with Gasteiger partial charge < -0.3 is 27.1 Å². The maximum Gasteiger partial charge on any atom is 0.396 e. The fraction of sp³-hybridized carbons (Fsp3) is 0.667. The highest BCUT2D eigenvalue weighted by Crippen LogP contribution is 2.49. The highest BCUT2D eigenvalue weighted by molar-refractivity contribution is 7.42. The Kier molecular flexibility index (Phi) is 8.73. The van der Waals surface area contributed by atoms with Crippen LogP contribution in [-0.2, 0) is 28.9 Å². The molecule has 0 atom stereocenters. The van der Waals surface area contributed by atoms with Gasteiger partial charge in [0.25, 0.3) is 0 Å². The molecule has 0 aliphatic carbocycles. The van der Waals surface area contributed by atoms with Gasteiger partial charge >= 0.3 is 17.2 Å². The smallest absolute Gasteiger partial charge is 0.396 e. The van der Waals surface area contributed by atoms with Gasteiger partial charge in [0.05, 0.1) is 0 Å². The maximum atomic E-state index is 5.99. The van der Waals surface area contributed by atoms with Gasteiger partial charge in [-0.2, -0.15) is 0 Å². The fourth-order valence-corrected chi connectivity index (χ4v) is 3.56. The third-order valence-corrected chi connectivity index (χ3v) is 5.52. The third kappa shape index (κ3) is 6.30. The molecule has 1 aromatic carbocycles. The molecule has 0 saturated heterocycles. The summed E-state index contributed by atoms with van der Waals surface area (Å²) in [6.45, 7) is 12.8. The Morgan fingerprint density at radius 1 is 0.577 bits per heavy atom. The van der Waals surface area contributed by atoms with E-state index in [0.29, 0.717) is 11.5 Å². The summed E-state index contributed by atoms with van der Waals surface area (Å²) in [6.07, 6.45) is 0. The summed E-state index contributed by atoms with van der Waals surface area (Å²) in [4.78, 5) is 0. The van der Waals surface area contributed by atoms with E-state index in [9.17, 15) is 0 Å². The molecule has 0 amide bonds. The molecule has 1 aromatic rings. The molecule has 0 aromatic heterocycles. The zero-order chi connectivity index (χ0) is 20.1. The predicted octanol–water partition coefficient (Wildman–Crippen LogP) is 6.08. The van der Waals surface area contributed by atoms with Crippen LogP contribution in [0, 0.1) is 0 Å². The Morgan fingerprint density at radius 2 is 0.885 bits per heavy atom. The van der Waals surface area contributed by atoms with Crippen molar-refractivity contribution in [2.75, 3.05) is 28.4 Å². The lowest BCUT2D eigenvalue weighted by atomic mass is 9.80. The van der Waals surface area contributed by atoms with Crippen molar-refractivity contribution in [1.82, 2.24) is 0 Å². The summed E-state index contributed by atoms with van der Waals surface area (Å²) < 4.78 is 33.1. The first-order valence-electron chi connectivity index (χ1n) is 8.29. The molecule has 0 spiro atoms. The minimum absolute atomic E-state index is 0.135. The van der Waals surface area contributed by atoms with E-state index in [-0.39, 0.29) is 10.8 Å². The first-order valence-corrected chi connectivity index (χ1v) is 10.5. The van der Waals surface area contributed by atoms with E-state index in [0.717, 1.165) is 11.1 Å². The second-order valence-electron chi connectivity index (χ2n) is 7.70. The molecule has 1 rings (SSSR count). The Labute approximate surface area is 160 Å². The molecule has 0 aliphatic heterocycles. The normalized spacial score (nSPS) is 12.8. The van der Waals surface area contributed by atoms with Gasteiger partial charge in [-0.05, 0) is 16.9 Å². The van der Waals surface area contributed by atoms with Gasteiger partial charge in [0.1, 0.15) is 11.5 Å². The van der Waals surface area contributed by atoms with Crippen molar-refractivity contribution in [2.24, 2.45) is 0 Å². The highest BCUT2D eigenvalue weighted by atomic mass is 31.2. The predicted molar refractivity (Wildman–Crippen MR) is 107 cm³/mol. The zero-order valence-corrected chi connectivity index (χ0v) is 19.3. The summed E-state index contributed by atoms with van der Waals surface area (Å²) in [7, 11) is 3.26. The minimum atomic E-state index is -1.49. The van der Waals surface area contributed by atoms with Crippen LogP contribution in [-0.4, -0.2) is 28.4 Å².